The summed E-state index contributed by atoms with van der Waals surface area (Å²) < 4.78 is 0. The first-order valence-corrected chi connectivity index (χ1v) is 9.68. The molecule has 1 N–H and O–H groups in total. The summed E-state index contributed by atoms with van der Waals surface area (Å²) in [6.07, 6.45) is 0. The topological polar surface area (TPSA) is 65.5 Å². The second-order valence-electron chi connectivity index (χ2n) is 7.02. The lowest BCUT2D eigenvalue weighted by Crippen LogP contribution is -2.41. The second kappa shape index (κ2) is 9.30. The van der Waals surface area contributed by atoms with E-state index in [1.54, 1.807) is 22.9 Å². The first kappa shape index (κ1) is 20.5. The zero-order chi connectivity index (χ0) is 20.8. The van der Waals surface area contributed by atoms with Gasteiger partial charge in [0.1, 0.15) is 5.82 Å². The van der Waals surface area contributed by atoms with Crippen LogP contribution in [0, 0.1) is 6.92 Å². The maximum absolute atomic E-state index is 13.0. The monoisotopic (exact) mass is 390 g/mol. The van der Waals surface area contributed by atoms with Crippen LogP contribution >= 0.6 is 0 Å². The zero-order valence-corrected chi connectivity index (χ0v) is 17.1. The molecule has 6 nitrogen and oxygen atoms in total. The predicted octanol–water partition coefficient (Wildman–Crippen LogP) is 3.47. The van der Waals surface area contributed by atoms with Crippen LogP contribution in [-0.4, -0.2) is 48.4 Å². The van der Waals surface area contributed by atoms with Gasteiger partial charge in [0, 0.05) is 17.6 Å². The summed E-state index contributed by atoms with van der Waals surface area (Å²) in [7, 11) is 1.76. The summed E-state index contributed by atoms with van der Waals surface area (Å²) >= 11 is 0. The Morgan fingerprint density at radius 3 is 2.45 bits per heavy atom. The Bertz CT molecular complexity index is 1010. The molecule has 0 aliphatic rings. The molecule has 1 aromatic heterocycles. The van der Waals surface area contributed by atoms with Crippen LogP contribution in [0.3, 0.4) is 0 Å². The molecule has 2 amide bonds. The van der Waals surface area contributed by atoms with E-state index in [2.05, 4.69) is 10.3 Å². The van der Waals surface area contributed by atoms with Crippen molar-refractivity contribution in [3.05, 3.63) is 66.4 Å². The summed E-state index contributed by atoms with van der Waals surface area (Å²) in [5.74, 6) is 0.264. The molecule has 3 rings (SSSR count). The van der Waals surface area contributed by atoms with Gasteiger partial charge in [-0.2, -0.15) is 0 Å². The Morgan fingerprint density at radius 2 is 1.69 bits per heavy atom. The van der Waals surface area contributed by atoms with Crippen LogP contribution in [0.4, 0.5) is 11.5 Å². The van der Waals surface area contributed by atoms with Crippen LogP contribution in [0.5, 0.6) is 0 Å². The minimum Gasteiger partial charge on any atom is -0.311 e. The lowest BCUT2D eigenvalue weighted by Gasteiger charge is -2.25. The molecule has 2 aromatic carbocycles. The van der Waals surface area contributed by atoms with Crippen molar-refractivity contribution in [3.63, 3.8) is 0 Å². The molecule has 0 aliphatic heterocycles. The van der Waals surface area contributed by atoms with Gasteiger partial charge in [0.2, 0.25) is 11.8 Å². The van der Waals surface area contributed by atoms with Gasteiger partial charge < -0.3 is 10.2 Å². The highest BCUT2D eigenvalue weighted by Gasteiger charge is 2.19. The number of amides is 2. The highest BCUT2D eigenvalue weighted by atomic mass is 16.2. The van der Waals surface area contributed by atoms with E-state index in [1.807, 2.05) is 68.4 Å². The Balaban J connectivity index is 1.65. The third kappa shape index (κ3) is 5.18. The van der Waals surface area contributed by atoms with Gasteiger partial charge in [0.05, 0.1) is 18.8 Å². The molecular formula is C23H26N4O2. The summed E-state index contributed by atoms with van der Waals surface area (Å²) in [6, 6.07) is 19.4. The minimum absolute atomic E-state index is 0.0483. The molecule has 0 spiro atoms. The Labute approximate surface area is 171 Å². The molecule has 0 atom stereocenters. The molecule has 150 valence electrons. The van der Waals surface area contributed by atoms with Gasteiger partial charge in [-0.25, -0.2) is 4.98 Å². The first-order valence-electron chi connectivity index (χ1n) is 9.68. The van der Waals surface area contributed by atoms with Crippen LogP contribution in [0.1, 0.15) is 12.6 Å². The van der Waals surface area contributed by atoms with E-state index in [-0.39, 0.29) is 24.9 Å². The third-order valence-electron chi connectivity index (χ3n) is 4.65. The number of nitrogens with one attached hydrogen (secondary N) is 1. The van der Waals surface area contributed by atoms with Gasteiger partial charge >= 0.3 is 0 Å². The molecule has 6 heteroatoms. The highest BCUT2D eigenvalue weighted by molar-refractivity contribution is 6.04. The number of carbonyl (C=O) groups is 2. The van der Waals surface area contributed by atoms with Crippen LogP contribution in [0.15, 0.2) is 60.7 Å². The number of rotatable bonds is 7. The van der Waals surface area contributed by atoms with Crippen molar-refractivity contribution in [2.24, 2.45) is 0 Å². The second-order valence-corrected chi connectivity index (χ2v) is 7.02. The van der Waals surface area contributed by atoms with Crippen molar-refractivity contribution in [3.8, 4) is 0 Å². The molecule has 0 fully saturated rings. The number of fused-ring (bicyclic) bond motifs is 1. The number of pyridine rings is 1. The van der Waals surface area contributed by atoms with E-state index < -0.39 is 0 Å². The largest absolute Gasteiger partial charge is 0.311 e. The number of hydrogen-bond acceptors (Lipinski definition) is 4. The summed E-state index contributed by atoms with van der Waals surface area (Å²) in [6.45, 7) is 4.63. The smallest absolute Gasteiger partial charge is 0.241 e. The molecule has 29 heavy (non-hydrogen) atoms. The number of carbonyl (C=O) groups excluding carboxylic acids is 2. The fourth-order valence-corrected chi connectivity index (χ4v) is 3.34. The summed E-state index contributed by atoms with van der Waals surface area (Å²) in [5, 5.41) is 4.90. The number of anilines is 2. The Hall–Kier alpha value is -3.25. The number of nitrogens with zero attached hydrogens (tertiary/aromatic N) is 3. The van der Waals surface area contributed by atoms with E-state index >= 15 is 0 Å². The normalized spacial score (nSPS) is 10.9. The van der Waals surface area contributed by atoms with Gasteiger partial charge in [-0.3, -0.25) is 14.5 Å². The number of aryl methyl sites for hydroxylation is 1. The predicted molar refractivity (Wildman–Crippen MR) is 117 cm³/mol. The SMILES string of the molecule is CCN(C(=O)CN(C)CC(=O)Nc1cccc(C)n1)c1cccc2ccccc12. The maximum Gasteiger partial charge on any atom is 0.241 e. The van der Waals surface area contributed by atoms with E-state index in [4.69, 9.17) is 0 Å². The third-order valence-corrected chi connectivity index (χ3v) is 4.65. The zero-order valence-electron chi connectivity index (χ0n) is 17.1. The lowest BCUT2D eigenvalue weighted by atomic mass is 10.1. The average Bonchev–Trinajstić information content (AvgIpc) is 2.68. The van der Waals surface area contributed by atoms with Crippen LogP contribution in [0.2, 0.25) is 0 Å². The van der Waals surface area contributed by atoms with Gasteiger partial charge in [-0.1, -0.05) is 42.5 Å². The van der Waals surface area contributed by atoms with Crippen LogP contribution < -0.4 is 10.2 Å². The van der Waals surface area contributed by atoms with Crippen molar-refractivity contribution >= 4 is 34.1 Å². The lowest BCUT2D eigenvalue weighted by molar-refractivity contribution is -0.120. The minimum atomic E-state index is -0.202. The standard InChI is InChI=1S/C23H26N4O2/c1-4-27(20-13-8-11-18-10-5-6-12-19(18)20)23(29)16-26(3)15-22(28)25-21-14-7-9-17(2)24-21/h5-14H,4,15-16H2,1-3H3,(H,24,25,28). The number of hydrogen-bond donors (Lipinski definition) is 1. The van der Waals surface area contributed by atoms with Gasteiger partial charge in [-0.05, 0) is 44.5 Å². The molecule has 0 radical (unpaired) electrons. The van der Waals surface area contributed by atoms with Crippen molar-refractivity contribution in [1.29, 1.82) is 0 Å². The molecule has 0 unspecified atom stereocenters. The van der Waals surface area contributed by atoms with Crippen molar-refractivity contribution in [2.75, 3.05) is 36.9 Å². The van der Waals surface area contributed by atoms with E-state index in [1.165, 1.54) is 0 Å². The molecule has 0 aliphatic carbocycles. The first-order chi connectivity index (χ1) is 14.0. The van der Waals surface area contributed by atoms with Crippen molar-refractivity contribution in [2.45, 2.75) is 13.8 Å². The van der Waals surface area contributed by atoms with Gasteiger partial charge in [-0.15, -0.1) is 0 Å². The Morgan fingerprint density at radius 1 is 0.966 bits per heavy atom. The van der Waals surface area contributed by atoms with Crippen LogP contribution in [-0.2, 0) is 9.59 Å². The van der Waals surface area contributed by atoms with E-state index in [0.29, 0.717) is 12.4 Å². The summed E-state index contributed by atoms with van der Waals surface area (Å²) in [5.41, 5.74) is 1.72. The van der Waals surface area contributed by atoms with E-state index in [9.17, 15) is 9.59 Å². The Kier molecular flexibility index (Phi) is 6.57. The highest BCUT2D eigenvalue weighted by Crippen LogP contribution is 2.26. The summed E-state index contributed by atoms with van der Waals surface area (Å²) in [4.78, 5) is 33.0. The molecule has 0 saturated carbocycles. The van der Waals surface area contributed by atoms with Crippen molar-refractivity contribution in [1.82, 2.24) is 9.88 Å². The molecule has 3 aromatic rings. The number of aromatic nitrogens is 1. The maximum atomic E-state index is 13.0. The molecule has 1 heterocycles. The quantitative estimate of drug-likeness (QED) is 0.671. The molecule has 0 saturated heterocycles. The fourth-order valence-electron chi connectivity index (χ4n) is 3.34. The van der Waals surface area contributed by atoms with E-state index in [0.717, 1.165) is 22.2 Å². The average molecular weight is 390 g/mol. The number of benzene rings is 2. The number of likely N-dealkylation sites (N-methyl/N-ethyl adjacent to an activating group) is 2. The molecular weight excluding hydrogens is 364 g/mol. The van der Waals surface area contributed by atoms with Gasteiger partial charge in [0.15, 0.2) is 0 Å². The molecule has 0 bridgehead atoms. The fraction of sp³-hybridized carbons (Fsp3) is 0.261. The van der Waals surface area contributed by atoms with Gasteiger partial charge in [0.25, 0.3) is 0 Å². The van der Waals surface area contributed by atoms with Crippen LogP contribution in [0.25, 0.3) is 10.8 Å². The van der Waals surface area contributed by atoms with Crippen molar-refractivity contribution < 1.29 is 9.59 Å².